The summed E-state index contributed by atoms with van der Waals surface area (Å²) in [4.78, 5) is 10.3. The summed E-state index contributed by atoms with van der Waals surface area (Å²) in [6.07, 6.45) is 2.55. The Morgan fingerprint density at radius 2 is 2.43 bits per heavy atom. The monoisotopic (exact) mass is 195 g/mol. The van der Waals surface area contributed by atoms with Crippen molar-refractivity contribution in [2.24, 2.45) is 0 Å². The van der Waals surface area contributed by atoms with E-state index in [9.17, 15) is 4.39 Å². The predicted molar refractivity (Wildman–Crippen MR) is 53.1 cm³/mol. The third-order valence-corrected chi connectivity index (χ3v) is 2.43. The molecule has 4 heteroatoms. The fourth-order valence-corrected chi connectivity index (χ4v) is 1.70. The van der Waals surface area contributed by atoms with Crippen molar-refractivity contribution in [1.29, 1.82) is 0 Å². The molecule has 0 radical (unpaired) electrons. The van der Waals surface area contributed by atoms with E-state index in [-0.39, 0.29) is 0 Å². The number of aromatic nitrogens is 2. The van der Waals surface area contributed by atoms with Crippen molar-refractivity contribution in [3.05, 3.63) is 18.0 Å². The molecule has 0 unspecified atom stereocenters. The molecule has 76 valence electrons. The van der Waals surface area contributed by atoms with Gasteiger partial charge in [0, 0.05) is 18.4 Å². The summed E-state index contributed by atoms with van der Waals surface area (Å²) in [5, 5.41) is 0. The minimum Gasteiger partial charge on any atom is -0.338 e. The van der Waals surface area contributed by atoms with Crippen LogP contribution in [0, 0.1) is 6.92 Å². The number of nitrogens with zero attached hydrogens (tertiary/aromatic N) is 3. The van der Waals surface area contributed by atoms with Crippen LogP contribution in [0.25, 0.3) is 0 Å². The molecule has 1 atom stereocenters. The summed E-state index contributed by atoms with van der Waals surface area (Å²) in [6.45, 7) is 3.22. The predicted octanol–water partition coefficient (Wildman–Crippen LogP) is 1.72. The summed E-state index contributed by atoms with van der Waals surface area (Å²) >= 11 is 0. The van der Waals surface area contributed by atoms with Crippen LogP contribution >= 0.6 is 0 Å². The summed E-state index contributed by atoms with van der Waals surface area (Å²) < 4.78 is 13.1. The molecule has 1 saturated heterocycles. The second kappa shape index (κ2) is 3.90. The van der Waals surface area contributed by atoms with Crippen LogP contribution in [0.15, 0.2) is 12.3 Å². The minimum absolute atomic E-state index is 0.434. The molecular formula is C10H14FN3. The SMILES string of the molecule is Cc1ccnc(N2CCC[C@H](F)C2)n1. The molecular weight excluding hydrogens is 181 g/mol. The van der Waals surface area contributed by atoms with Crippen LogP contribution in [0.5, 0.6) is 0 Å². The first kappa shape index (κ1) is 9.37. The highest BCUT2D eigenvalue weighted by atomic mass is 19.1. The van der Waals surface area contributed by atoms with E-state index in [4.69, 9.17) is 0 Å². The van der Waals surface area contributed by atoms with E-state index in [0.29, 0.717) is 18.9 Å². The normalized spacial score (nSPS) is 22.4. The lowest BCUT2D eigenvalue weighted by atomic mass is 10.1. The summed E-state index contributed by atoms with van der Waals surface area (Å²) in [6, 6.07) is 1.85. The first-order valence-electron chi connectivity index (χ1n) is 4.94. The standard InChI is InChI=1S/C10H14FN3/c1-8-4-5-12-10(13-8)14-6-2-3-9(11)7-14/h4-5,9H,2-3,6-7H2,1H3/t9-/m0/s1. The van der Waals surface area contributed by atoms with Gasteiger partial charge in [-0.25, -0.2) is 14.4 Å². The Morgan fingerprint density at radius 1 is 1.57 bits per heavy atom. The number of hydrogen-bond acceptors (Lipinski definition) is 3. The molecule has 2 heterocycles. The Morgan fingerprint density at radius 3 is 3.14 bits per heavy atom. The molecule has 0 aliphatic carbocycles. The number of alkyl halides is 1. The first-order chi connectivity index (χ1) is 6.75. The molecule has 0 saturated carbocycles. The van der Waals surface area contributed by atoms with E-state index < -0.39 is 6.17 Å². The van der Waals surface area contributed by atoms with Gasteiger partial charge in [0.05, 0.1) is 6.54 Å². The molecule has 1 aromatic heterocycles. The number of rotatable bonds is 1. The molecule has 0 N–H and O–H groups in total. The van der Waals surface area contributed by atoms with Crippen LogP contribution in [0.1, 0.15) is 18.5 Å². The van der Waals surface area contributed by atoms with Gasteiger partial charge in [0.15, 0.2) is 0 Å². The van der Waals surface area contributed by atoms with Crippen molar-refractivity contribution in [2.75, 3.05) is 18.0 Å². The third kappa shape index (κ3) is 2.00. The highest BCUT2D eigenvalue weighted by molar-refractivity contribution is 5.30. The Kier molecular flexibility index (Phi) is 2.61. The third-order valence-electron chi connectivity index (χ3n) is 2.43. The summed E-state index contributed by atoms with van der Waals surface area (Å²) in [5.41, 5.74) is 0.927. The van der Waals surface area contributed by atoms with E-state index in [1.807, 2.05) is 17.9 Å². The number of hydrogen-bond donors (Lipinski definition) is 0. The van der Waals surface area contributed by atoms with Crippen molar-refractivity contribution in [1.82, 2.24) is 9.97 Å². The zero-order valence-corrected chi connectivity index (χ0v) is 8.28. The number of anilines is 1. The Hall–Kier alpha value is -1.19. The van der Waals surface area contributed by atoms with Crippen LogP contribution in [-0.4, -0.2) is 29.2 Å². The van der Waals surface area contributed by atoms with E-state index in [0.717, 1.165) is 18.7 Å². The van der Waals surface area contributed by atoms with Crippen LogP contribution < -0.4 is 4.90 Å². The van der Waals surface area contributed by atoms with Crippen LogP contribution in [-0.2, 0) is 0 Å². The molecule has 14 heavy (non-hydrogen) atoms. The highest BCUT2D eigenvalue weighted by Gasteiger charge is 2.20. The molecule has 1 aliphatic rings. The molecule has 0 spiro atoms. The average Bonchev–Trinajstić information content (AvgIpc) is 2.18. The summed E-state index contributed by atoms with van der Waals surface area (Å²) in [7, 11) is 0. The van der Waals surface area contributed by atoms with Gasteiger partial charge in [0.25, 0.3) is 0 Å². The number of aryl methyl sites for hydroxylation is 1. The smallest absolute Gasteiger partial charge is 0.225 e. The van der Waals surface area contributed by atoms with Gasteiger partial charge < -0.3 is 4.90 Å². The number of halogens is 1. The van der Waals surface area contributed by atoms with Gasteiger partial charge in [-0.2, -0.15) is 0 Å². The molecule has 2 rings (SSSR count). The van der Waals surface area contributed by atoms with Gasteiger partial charge in [0.1, 0.15) is 6.17 Å². The van der Waals surface area contributed by atoms with E-state index in [1.54, 1.807) is 6.20 Å². The maximum Gasteiger partial charge on any atom is 0.225 e. The largest absolute Gasteiger partial charge is 0.338 e. The maximum atomic E-state index is 13.1. The highest BCUT2D eigenvalue weighted by Crippen LogP contribution is 2.17. The van der Waals surface area contributed by atoms with Gasteiger partial charge in [-0.1, -0.05) is 0 Å². The average molecular weight is 195 g/mol. The summed E-state index contributed by atoms with van der Waals surface area (Å²) in [5.74, 6) is 0.660. The number of piperidine rings is 1. The zero-order chi connectivity index (χ0) is 9.97. The molecule has 1 fully saturated rings. The van der Waals surface area contributed by atoms with E-state index in [2.05, 4.69) is 9.97 Å². The second-order valence-electron chi connectivity index (χ2n) is 3.68. The molecule has 1 aliphatic heterocycles. The topological polar surface area (TPSA) is 29.0 Å². The lowest BCUT2D eigenvalue weighted by Gasteiger charge is -2.28. The second-order valence-corrected chi connectivity index (χ2v) is 3.68. The van der Waals surface area contributed by atoms with Gasteiger partial charge in [0.2, 0.25) is 5.95 Å². The Labute approximate surface area is 83.0 Å². The fraction of sp³-hybridized carbons (Fsp3) is 0.600. The van der Waals surface area contributed by atoms with Gasteiger partial charge in [-0.05, 0) is 25.8 Å². The van der Waals surface area contributed by atoms with Crippen molar-refractivity contribution in [3.63, 3.8) is 0 Å². The van der Waals surface area contributed by atoms with Gasteiger partial charge in [-0.15, -0.1) is 0 Å². The van der Waals surface area contributed by atoms with Crippen molar-refractivity contribution >= 4 is 5.95 Å². The molecule has 1 aromatic rings. The fourth-order valence-electron chi connectivity index (χ4n) is 1.70. The lowest BCUT2D eigenvalue weighted by molar-refractivity contribution is 0.285. The van der Waals surface area contributed by atoms with Crippen LogP contribution in [0.4, 0.5) is 10.3 Å². The molecule has 0 amide bonds. The maximum absolute atomic E-state index is 13.1. The van der Waals surface area contributed by atoms with E-state index >= 15 is 0 Å². The van der Waals surface area contributed by atoms with Crippen molar-refractivity contribution < 1.29 is 4.39 Å². The van der Waals surface area contributed by atoms with Gasteiger partial charge in [-0.3, -0.25) is 0 Å². The minimum atomic E-state index is -0.729. The molecule has 0 aromatic carbocycles. The molecule has 3 nitrogen and oxygen atoms in total. The first-order valence-corrected chi connectivity index (χ1v) is 4.94. The van der Waals surface area contributed by atoms with Crippen molar-refractivity contribution in [3.8, 4) is 0 Å². The Balaban J connectivity index is 2.14. The lowest BCUT2D eigenvalue weighted by Crippen LogP contribution is -2.37. The van der Waals surface area contributed by atoms with E-state index in [1.165, 1.54) is 0 Å². The Bertz CT molecular complexity index is 316. The van der Waals surface area contributed by atoms with Crippen molar-refractivity contribution in [2.45, 2.75) is 25.9 Å². The van der Waals surface area contributed by atoms with Gasteiger partial charge >= 0.3 is 0 Å². The quantitative estimate of drug-likeness (QED) is 0.683. The molecule has 0 bridgehead atoms. The van der Waals surface area contributed by atoms with Crippen LogP contribution in [0.2, 0.25) is 0 Å². The van der Waals surface area contributed by atoms with Crippen LogP contribution in [0.3, 0.4) is 0 Å². The zero-order valence-electron chi connectivity index (χ0n) is 8.28.